The van der Waals surface area contributed by atoms with Crippen molar-refractivity contribution in [2.45, 2.75) is 50.9 Å². The van der Waals surface area contributed by atoms with E-state index in [1.54, 1.807) is 0 Å². The standard InChI is InChI=1S/C21H27N3O2S/c1-16-2-3-19(27-16)20(25)23-14-18-4-7-21(26-18)8-12-24(13-9-21)15-17-5-10-22-11-6-17/h2-3,5-6,10-11,18H,4,7-9,12-15H2,1H3,(H,23,25). The van der Waals surface area contributed by atoms with Crippen LogP contribution in [0.1, 0.15) is 45.8 Å². The average molecular weight is 386 g/mol. The quantitative estimate of drug-likeness (QED) is 0.857. The number of carbonyl (C=O) groups is 1. The predicted molar refractivity (Wildman–Crippen MR) is 107 cm³/mol. The highest BCUT2D eigenvalue weighted by atomic mass is 32.1. The summed E-state index contributed by atoms with van der Waals surface area (Å²) in [7, 11) is 0. The lowest BCUT2D eigenvalue weighted by atomic mass is 9.88. The summed E-state index contributed by atoms with van der Waals surface area (Å²) in [6.45, 7) is 5.74. The number of carbonyl (C=O) groups excluding carboxylic acids is 1. The van der Waals surface area contributed by atoms with Gasteiger partial charge in [-0.05, 0) is 62.4 Å². The molecule has 144 valence electrons. The molecule has 27 heavy (non-hydrogen) atoms. The molecule has 2 aliphatic heterocycles. The first-order valence-electron chi connectivity index (χ1n) is 9.76. The van der Waals surface area contributed by atoms with Gasteiger partial charge >= 0.3 is 0 Å². The molecule has 1 amide bonds. The molecule has 2 fully saturated rings. The fourth-order valence-electron chi connectivity index (χ4n) is 4.12. The Balaban J connectivity index is 1.23. The van der Waals surface area contributed by atoms with E-state index in [0.29, 0.717) is 6.54 Å². The zero-order chi connectivity index (χ0) is 18.7. The van der Waals surface area contributed by atoms with Gasteiger partial charge in [-0.3, -0.25) is 14.7 Å². The van der Waals surface area contributed by atoms with E-state index < -0.39 is 0 Å². The van der Waals surface area contributed by atoms with E-state index in [0.717, 1.165) is 55.1 Å². The summed E-state index contributed by atoms with van der Waals surface area (Å²) in [5.41, 5.74) is 1.33. The van der Waals surface area contributed by atoms with Gasteiger partial charge in [0.2, 0.25) is 0 Å². The van der Waals surface area contributed by atoms with Crippen LogP contribution in [0.15, 0.2) is 36.7 Å². The number of likely N-dealkylation sites (tertiary alicyclic amines) is 1. The van der Waals surface area contributed by atoms with Crippen molar-refractivity contribution in [2.75, 3.05) is 19.6 Å². The van der Waals surface area contributed by atoms with Crippen LogP contribution in [0.4, 0.5) is 0 Å². The Morgan fingerprint density at radius 1 is 1.26 bits per heavy atom. The molecular weight excluding hydrogens is 358 g/mol. The molecule has 5 nitrogen and oxygen atoms in total. The number of pyridine rings is 1. The number of piperidine rings is 1. The Morgan fingerprint density at radius 2 is 2.04 bits per heavy atom. The van der Waals surface area contributed by atoms with Gasteiger partial charge in [-0.1, -0.05) is 0 Å². The van der Waals surface area contributed by atoms with Crippen molar-refractivity contribution in [3.05, 3.63) is 52.0 Å². The van der Waals surface area contributed by atoms with E-state index >= 15 is 0 Å². The van der Waals surface area contributed by atoms with E-state index in [9.17, 15) is 4.79 Å². The van der Waals surface area contributed by atoms with E-state index in [2.05, 4.69) is 27.3 Å². The Kier molecular flexibility index (Phi) is 5.57. The molecule has 2 aromatic rings. The Labute approximate surface area is 164 Å². The fraction of sp³-hybridized carbons (Fsp3) is 0.524. The minimum absolute atomic E-state index is 0.0175. The summed E-state index contributed by atoms with van der Waals surface area (Å²) >= 11 is 1.54. The molecule has 2 aliphatic rings. The maximum Gasteiger partial charge on any atom is 0.261 e. The molecule has 1 unspecified atom stereocenters. The molecule has 0 radical (unpaired) electrons. The number of thiophene rings is 1. The van der Waals surface area contributed by atoms with Crippen LogP contribution in [0.25, 0.3) is 0 Å². The van der Waals surface area contributed by atoms with Crippen molar-refractivity contribution in [1.29, 1.82) is 0 Å². The largest absolute Gasteiger partial charge is 0.370 e. The molecule has 0 aromatic carbocycles. The average Bonchev–Trinajstić information content (AvgIpc) is 3.30. The summed E-state index contributed by atoms with van der Waals surface area (Å²) in [6.07, 6.45) is 8.15. The zero-order valence-electron chi connectivity index (χ0n) is 15.8. The van der Waals surface area contributed by atoms with Gasteiger partial charge in [-0.15, -0.1) is 11.3 Å². The fourth-order valence-corrected chi connectivity index (χ4v) is 4.91. The van der Waals surface area contributed by atoms with Gasteiger partial charge in [-0.25, -0.2) is 0 Å². The van der Waals surface area contributed by atoms with Crippen molar-refractivity contribution < 1.29 is 9.53 Å². The summed E-state index contributed by atoms with van der Waals surface area (Å²) in [6, 6.07) is 8.06. The van der Waals surface area contributed by atoms with Crippen LogP contribution in [0.5, 0.6) is 0 Å². The van der Waals surface area contributed by atoms with Gasteiger partial charge < -0.3 is 10.1 Å². The van der Waals surface area contributed by atoms with Crippen molar-refractivity contribution in [2.24, 2.45) is 0 Å². The number of hydrogen-bond donors (Lipinski definition) is 1. The van der Waals surface area contributed by atoms with E-state index in [1.807, 2.05) is 31.5 Å². The highest BCUT2D eigenvalue weighted by Gasteiger charge is 2.42. The molecule has 6 heteroatoms. The Hall–Kier alpha value is -1.76. The summed E-state index contributed by atoms with van der Waals surface area (Å²) < 4.78 is 6.43. The molecule has 2 aromatic heterocycles. The molecule has 0 aliphatic carbocycles. The first kappa shape index (κ1) is 18.6. The van der Waals surface area contributed by atoms with Crippen LogP contribution < -0.4 is 5.32 Å². The number of ether oxygens (including phenoxy) is 1. The zero-order valence-corrected chi connectivity index (χ0v) is 16.6. The first-order chi connectivity index (χ1) is 13.1. The van der Waals surface area contributed by atoms with E-state index in [-0.39, 0.29) is 17.6 Å². The number of aryl methyl sites for hydroxylation is 1. The van der Waals surface area contributed by atoms with Crippen molar-refractivity contribution >= 4 is 17.2 Å². The lowest BCUT2D eigenvalue weighted by Crippen LogP contribution is -2.44. The molecule has 1 N–H and O–H groups in total. The minimum atomic E-state index is 0.0175. The first-order valence-corrected chi connectivity index (χ1v) is 10.6. The van der Waals surface area contributed by atoms with Crippen LogP contribution in [0, 0.1) is 6.92 Å². The Bertz CT molecular complexity index is 769. The SMILES string of the molecule is Cc1ccc(C(=O)NCC2CCC3(CCN(Cc4ccncc4)CC3)O2)s1. The third kappa shape index (κ3) is 4.57. The second-order valence-corrected chi connectivity index (χ2v) is 9.00. The monoisotopic (exact) mass is 385 g/mol. The number of hydrogen-bond acceptors (Lipinski definition) is 5. The molecular formula is C21H27N3O2S. The third-order valence-corrected chi connectivity index (χ3v) is 6.72. The van der Waals surface area contributed by atoms with Gasteiger partial charge in [0.05, 0.1) is 16.6 Å². The van der Waals surface area contributed by atoms with E-state index in [4.69, 9.17) is 4.74 Å². The lowest BCUT2D eigenvalue weighted by Gasteiger charge is -2.39. The lowest BCUT2D eigenvalue weighted by molar-refractivity contribution is -0.0764. The number of nitrogens with zero attached hydrogens (tertiary/aromatic N) is 2. The number of amides is 1. The highest BCUT2D eigenvalue weighted by Crippen LogP contribution is 2.39. The molecule has 1 atom stereocenters. The third-order valence-electron chi connectivity index (χ3n) is 5.72. The smallest absolute Gasteiger partial charge is 0.261 e. The van der Waals surface area contributed by atoms with Crippen molar-refractivity contribution in [3.63, 3.8) is 0 Å². The molecule has 1 spiro atoms. The van der Waals surface area contributed by atoms with Crippen LogP contribution in [0.2, 0.25) is 0 Å². The number of nitrogens with one attached hydrogen (secondary N) is 1. The van der Waals surface area contributed by atoms with Crippen LogP contribution in [0.3, 0.4) is 0 Å². The summed E-state index contributed by atoms with van der Waals surface area (Å²) in [5.74, 6) is 0.0184. The molecule has 0 bridgehead atoms. The van der Waals surface area contributed by atoms with Crippen LogP contribution in [-0.2, 0) is 11.3 Å². The minimum Gasteiger partial charge on any atom is -0.370 e. The van der Waals surface area contributed by atoms with Gasteiger partial charge in [0.1, 0.15) is 0 Å². The summed E-state index contributed by atoms with van der Waals surface area (Å²) in [4.78, 5) is 20.8. The number of aromatic nitrogens is 1. The molecule has 2 saturated heterocycles. The van der Waals surface area contributed by atoms with E-state index in [1.165, 1.54) is 16.9 Å². The second-order valence-electron chi connectivity index (χ2n) is 7.71. The maximum absolute atomic E-state index is 12.2. The molecule has 4 heterocycles. The van der Waals surface area contributed by atoms with Gasteiger partial charge in [0.15, 0.2) is 0 Å². The maximum atomic E-state index is 12.2. The van der Waals surface area contributed by atoms with Crippen molar-refractivity contribution in [1.82, 2.24) is 15.2 Å². The highest BCUT2D eigenvalue weighted by molar-refractivity contribution is 7.13. The van der Waals surface area contributed by atoms with Gasteiger partial charge in [-0.2, -0.15) is 0 Å². The van der Waals surface area contributed by atoms with Crippen LogP contribution >= 0.6 is 11.3 Å². The van der Waals surface area contributed by atoms with Crippen molar-refractivity contribution in [3.8, 4) is 0 Å². The van der Waals surface area contributed by atoms with Crippen LogP contribution in [-0.4, -0.2) is 47.1 Å². The van der Waals surface area contributed by atoms with Gasteiger partial charge in [0.25, 0.3) is 5.91 Å². The second kappa shape index (κ2) is 8.09. The topological polar surface area (TPSA) is 54.5 Å². The summed E-state index contributed by atoms with van der Waals surface area (Å²) in [5, 5.41) is 3.05. The number of rotatable bonds is 5. The van der Waals surface area contributed by atoms with Gasteiger partial charge in [0, 0.05) is 43.4 Å². The normalized spacial score (nSPS) is 22.2. The predicted octanol–water partition coefficient (Wildman–Crippen LogP) is 3.40. The molecule has 0 saturated carbocycles. The molecule has 4 rings (SSSR count). The Morgan fingerprint density at radius 3 is 2.74 bits per heavy atom.